The van der Waals surface area contributed by atoms with Gasteiger partial charge in [-0.2, -0.15) is 0 Å². The Hall–Kier alpha value is -2.43. The van der Waals surface area contributed by atoms with E-state index in [1.807, 2.05) is 28.7 Å². The van der Waals surface area contributed by atoms with Crippen LogP contribution in [0.3, 0.4) is 0 Å². The molecule has 0 radical (unpaired) electrons. The average molecular weight is 356 g/mol. The van der Waals surface area contributed by atoms with Gasteiger partial charge in [0.25, 0.3) is 5.91 Å². The van der Waals surface area contributed by atoms with Crippen LogP contribution in [-0.4, -0.2) is 28.0 Å². The molecule has 1 fully saturated rings. The van der Waals surface area contributed by atoms with E-state index >= 15 is 0 Å². The minimum Gasteiger partial charge on any atom is -0.342 e. The number of rotatable bonds is 5. The molecule has 0 N–H and O–H groups in total. The SMILES string of the molecule is CC/C(=C\F)Cn1cc2c(c1-c1cccc(F)c1)CCN(C1CC1)C2=O. The van der Waals surface area contributed by atoms with Gasteiger partial charge in [-0.1, -0.05) is 19.1 Å². The highest BCUT2D eigenvalue weighted by atomic mass is 19.1. The fourth-order valence-electron chi connectivity index (χ4n) is 3.80. The summed E-state index contributed by atoms with van der Waals surface area (Å²) in [6.07, 6.45) is 5.94. The van der Waals surface area contributed by atoms with Crippen LogP contribution in [-0.2, 0) is 13.0 Å². The van der Waals surface area contributed by atoms with Gasteiger partial charge in [0.1, 0.15) is 5.82 Å². The Bertz CT molecular complexity index is 880. The summed E-state index contributed by atoms with van der Waals surface area (Å²) >= 11 is 0. The van der Waals surface area contributed by atoms with Gasteiger partial charge in [-0.25, -0.2) is 8.78 Å². The summed E-state index contributed by atoms with van der Waals surface area (Å²) < 4.78 is 28.9. The standard InChI is InChI=1S/C21H22F2N2O/c1-2-14(11-22)12-24-13-19-18(8-9-25(21(19)26)17-6-7-17)20(24)15-4-3-5-16(23)10-15/h3-5,10-11,13,17H,2,6-9,12H2,1H3/b14-11+. The summed E-state index contributed by atoms with van der Waals surface area (Å²) in [5, 5.41) is 0. The van der Waals surface area contributed by atoms with E-state index in [4.69, 9.17) is 0 Å². The molecule has 1 aliphatic heterocycles. The molecule has 2 heterocycles. The van der Waals surface area contributed by atoms with Crippen molar-refractivity contribution < 1.29 is 13.6 Å². The fourth-order valence-corrected chi connectivity index (χ4v) is 3.80. The Morgan fingerprint density at radius 1 is 1.35 bits per heavy atom. The van der Waals surface area contributed by atoms with Crippen molar-refractivity contribution in [2.75, 3.05) is 6.54 Å². The Balaban J connectivity index is 1.82. The van der Waals surface area contributed by atoms with E-state index in [1.54, 1.807) is 6.07 Å². The van der Waals surface area contributed by atoms with E-state index in [0.717, 1.165) is 36.1 Å². The lowest BCUT2D eigenvalue weighted by molar-refractivity contribution is 0.0728. The molecule has 0 spiro atoms. The molecule has 1 aromatic carbocycles. The summed E-state index contributed by atoms with van der Waals surface area (Å²) in [5.41, 5.74) is 3.83. The molecule has 0 unspecified atom stereocenters. The van der Waals surface area contributed by atoms with E-state index in [0.29, 0.717) is 43.0 Å². The lowest BCUT2D eigenvalue weighted by Gasteiger charge is -2.27. The number of fused-ring (bicyclic) bond motifs is 1. The number of hydrogen-bond acceptors (Lipinski definition) is 1. The number of hydrogen-bond donors (Lipinski definition) is 0. The van der Waals surface area contributed by atoms with Crippen LogP contribution in [0.4, 0.5) is 8.78 Å². The van der Waals surface area contributed by atoms with Crippen LogP contribution < -0.4 is 0 Å². The van der Waals surface area contributed by atoms with Crippen molar-refractivity contribution in [1.29, 1.82) is 0 Å². The van der Waals surface area contributed by atoms with Crippen LogP contribution in [0.25, 0.3) is 11.3 Å². The third-order valence-corrected chi connectivity index (χ3v) is 5.34. The lowest BCUT2D eigenvalue weighted by atomic mass is 9.98. The van der Waals surface area contributed by atoms with Crippen molar-refractivity contribution in [3.8, 4) is 11.3 Å². The molecule has 1 aliphatic carbocycles. The number of allylic oxidation sites excluding steroid dienone is 1. The predicted molar refractivity (Wildman–Crippen MR) is 97.1 cm³/mol. The molecule has 2 aromatic rings. The molecule has 2 aliphatic rings. The van der Waals surface area contributed by atoms with Crippen molar-refractivity contribution in [2.24, 2.45) is 0 Å². The molecular formula is C21H22F2N2O. The van der Waals surface area contributed by atoms with Crippen molar-refractivity contribution >= 4 is 5.91 Å². The van der Waals surface area contributed by atoms with Gasteiger partial charge in [0.2, 0.25) is 0 Å². The quantitative estimate of drug-likeness (QED) is 0.761. The summed E-state index contributed by atoms with van der Waals surface area (Å²) in [5.74, 6) is -0.269. The largest absolute Gasteiger partial charge is 0.342 e. The molecule has 136 valence electrons. The van der Waals surface area contributed by atoms with E-state index in [9.17, 15) is 13.6 Å². The first-order chi connectivity index (χ1) is 12.6. The number of amides is 1. The number of aromatic nitrogens is 1. The lowest BCUT2D eigenvalue weighted by Crippen LogP contribution is -2.38. The predicted octanol–water partition coefficient (Wildman–Crippen LogP) is 4.72. The summed E-state index contributed by atoms with van der Waals surface area (Å²) in [6, 6.07) is 6.77. The normalized spacial score (nSPS) is 17.6. The molecule has 0 saturated heterocycles. The van der Waals surface area contributed by atoms with Gasteiger partial charge >= 0.3 is 0 Å². The highest BCUT2D eigenvalue weighted by molar-refractivity contribution is 5.99. The van der Waals surface area contributed by atoms with Crippen molar-refractivity contribution in [1.82, 2.24) is 9.47 Å². The first kappa shape index (κ1) is 17.0. The van der Waals surface area contributed by atoms with Crippen LogP contribution >= 0.6 is 0 Å². The Morgan fingerprint density at radius 3 is 2.81 bits per heavy atom. The van der Waals surface area contributed by atoms with Gasteiger partial charge in [0.05, 0.1) is 17.6 Å². The Kier molecular flexibility index (Phi) is 4.39. The molecule has 1 amide bonds. The Labute approximate surface area is 151 Å². The second kappa shape index (κ2) is 6.71. The van der Waals surface area contributed by atoms with Crippen LogP contribution in [0.2, 0.25) is 0 Å². The minimum absolute atomic E-state index is 0.0485. The highest BCUT2D eigenvalue weighted by Crippen LogP contribution is 2.37. The number of carbonyl (C=O) groups excluding carboxylic acids is 1. The van der Waals surface area contributed by atoms with Crippen LogP contribution in [0.5, 0.6) is 0 Å². The molecule has 26 heavy (non-hydrogen) atoms. The van der Waals surface area contributed by atoms with Crippen LogP contribution in [0.15, 0.2) is 42.4 Å². The summed E-state index contributed by atoms with van der Waals surface area (Å²) in [7, 11) is 0. The van der Waals surface area contributed by atoms with Crippen LogP contribution in [0, 0.1) is 5.82 Å². The molecule has 3 nitrogen and oxygen atoms in total. The van der Waals surface area contributed by atoms with Gasteiger partial charge in [-0.05, 0) is 49.0 Å². The maximum atomic E-state index is 13.8. The fraction of sp³-hybridized carbons (Fsp3) is 0.381. The third kappa shape index (κ3) is 2.96. The first-order valence-electron chi connectivity index (χ1n) is 9.19. The van der Waals surface area contributed by atoms with Crippen molar-refractivity contribution in [3.05, 3.63) is 59.3 Å². The topological polar surface area (TPSA) is 25.2 Å². The average Bonchev–Trinajstić information content (AvgIpc) is 3.40. The molecule has 5 heteroatoms. The highest BCUT2D eigenvalue weighted by Gasteiger charge is 2.38. The first-order valence-corrected chi connectivity index (χ1v) is 9.19. The van der Waals surface area contributed by atoms with E-state index in [1.165, 1.54) is 12.1 Å². The van der Waals surface area contributed by atoms with E-state index < -0.39 is 0 Å². The monoisotopic (exact) mass is 356 g/mol. The third-order valence-electron chi connectivity index (χ3n) is 5.34. The molecular weight excluding hydrogens is 334 g/mol. The maximum absolute atomic E-state index is 13.8. The smallest absolute Gasteiger partial charge is 0.255 e. The van der Waals surface area contributed by atoms with Gasteiger partial charge in [-0.3, -0.25) is 4.79 Å². The van der Waals surface area contributed by atoms with Crippen molar-refractivity contribution in [2.45, 2.75) is 45.2 Å². The number of halogens is 2. The maximum Gasteiger partial charge on any atom is 0.255 e. The zero-order valence-corrected chi connectivity index (χ0v) is 14.8. The van der Waals surface area contributed by atoms with Gasteiger partial charge in [0, 0.05) is 30.9 Å². The van der Waals surface area contributed by atoms with Crippen molar-refractivity contribution in [3.63, 3.8) is 0 Å². The van der Waals surface area contributed by atoms with Crippen LogP contribution in [0.1, 0.15) is 42.1 Å². The second-order valence-electron chi connectivity index (χ2n) is 7.11. The molecule has 0 atom stereocenters. The zero-order valence-electron chi connectivity index (χ0n) is 14.8. The summed E-state index contributed by atoms with van der Waals surface area (Å²) in [4.78, 5) is 14.9. The number of nitrogens with zero attached hydrogens (tertiary/aromatic N) is 2. The molecule has 1 aromatic heterocycles. The van der Waals surface area contributed by atoms with Gasteiger partial charge < -0.3 is 9.47 Å². The second-order valence-corrected chi connectivity index (χ2v) is 7.11. The van der Waals surface area contributed by atoms with Gasteiger partial charge in [0.15, 0.2) is 0 Å². The Morgan fingerprint density at radius 2 is 2.15 bits per heavy atom. The van der Waals surface area contributed by atoms with Gasteiger partial charge in [-0.15, -0.1) is 0 Å². The number of benzene rings is 1. The minimum atomic E-state index is -0.317. The molecule has 4 rings (SSSR count). The van der Waals surface area contributed by atoms with E-state index in [-0.39, 0.29) is 11.7 Å². The summed E-state index contributed by atoms with van der Waals surface area (Å²) in [6.45, 7) is 2.96. The number of carbonyl (C=O) groups is 1. The molecule has 0 bridgehead atoms. The van der Waals surface area contributed by atoms with E-state index in [2.05, 4.69) is 0 Å². The molecule has 1 saturated carbocycles. The zero-order chi connectivity index (χ0) is 18.3.